The molecule has 0 aliphatic heterocycles. The summed E-state index contributed by atoms with van der Waals surface area (Å²) in [4.78, 5) is 19.8. The first-order valence-electron chi connectivity index (χ1n) is 6.00. The van der Waals surface area contributed by atoms with Gasteiger partial charge in [-0.1, -0.05) is 0 Å². The quantitative estimate of drug-likeness (QED) is 0.759. The maximum atomic E-state index is 11.9. The summed E-state index contributed by atoms with van der Waals surface area (Å²) in [5.41, 5.74) is 2.25. The molecule has 3 heterocycles. The molecule has 0 aromatic carbocycles. The molecule has 6 nitrogen and oxygen atoms in total. The number of nitrogens with one attached hydrogen (secondary N) is 2. The van der Waals surface area contributed by atoms with Gasteiger partial charge < -0.3 is 5.32 Å². The van der Waals surface area contributed by atoms with E-state index in [1.54, 1.807) is 36.8 Å². The lowest BCUT2D eigenvalue weighted by molar-refractivity contribution is 0.102. The Bertz CT molecular complexity index is 709. The summed E-state index contributed by atoms with van der Waals surface area (Å²) in [6, 6.07) is 8.89. The number of carbonyl (C=O) groups excluding carboxylic acids is 1. The monoisotopic (exact) mass is 265 g/mol. The van der Waals surface area contributed by atoms with E-state index in [4.69, 9.17) is 0 Å². The van der Waals surface area contributed by atoms with Gasteiger partial charge in [-0.15, -0.1) is 0 Å². The number of hydrogen-bond donors (Lipinski definition) is 2. The molecule has 3 aromatic rings. The van der Waals surface area contributed by atoms with Crippen molar-refractivity contribution in [2.45, 2.75) is 0 Å². The van der Waals surface area contributed by atoms with Crippen LogP contribution in [-0.2, 0) is 0 Å². The first-order chi connectivity index (χ1) is 9.83. The van der Waals surface area contributed by atoms with E-state index in [1.165, 1.54) is 6.20 Å². The van der Waals surface area contributed by atoms with E-state index in [2.05, 4.69) is 25.5 Å². The van der Waals surface area contributed by atoms with Crippen molar-refractivity contribution < 1.29 is 4.79 Å². The second-order valence-electron chi connectivity index (χ2n) is 4.10. The summed E-state index contributed by atoms with van der Waals surface area (Å²) in [6.07, 6.45) is 6.52. The number of amides is 1. The van der Waals surface area contributed by atoms with Crippen LogP contribution >= 0.6 is 0 Å². The average molecular weight is 265 g/mol. The van der Waals surface area contributed by atoms with Crippen LogP contribution in [0.5, 0.6) is 0 Å². The van der Waals surface area contributed by atoms with Crippen molar-refractivity contribution in [1.29, 1.82) is 0 Å². The van der Waals surface area contributed by atoms with Crippen LogP contribution in [0.15, 0.2) is 55.1 Å². The van der Waals surface area contributed by atoms with Crippen molar-refractivity contribution in [2.75, 3.05) is 5.32 Å². The fraction of sp³-hybridized carbons (Fsp3) is 0. The van der Waals surface area contributed by atoms with Gasteiger partial charge in [-0.25, -0.2) is 0 Å². The van der Waals surface area contributed by atoms with E-state index >= 15 is 0 Å². The first kappa shape index (κ1) is 12.0. The molecule has 1 amide bonds. The number of nitrogens with zero attached hydrogens (tertiary/aromatic N) is 3. The van der Waals surface area contributed by atoms with E-state index in [0.29, 0.717) is 11.4 Å². The van der Waals surface area contributed by atoms with Crippen LogP contribution in [-0.4, -0.2) is 26.1 Å². The Labute approximate surface area is 114 Å². The third-order valence-corrected chi connectivity index (χ3v) is 2.73. The van der Waals surface area contributed by atoms with Gasteiger partial charge in [-0.3, -0.25) is 19.9 Å². The molecular formula is C14H11N5O. The van der Waals surface area contributed by atoms with Gasteiger partial charge in [0.2, 0.25) is 0 Å². The molecule has 3 aromatic heterocycles. The highest BCUT2D eigenvalue weighted by Crippen LogP contribution is 2.18. The van der Waals surface area contributed by atoms with Gasteiger partial charge in [-0.2, -0.15) is 5.10 Å². The SMILES string of the molecule is O=C(Nc1cc(-c2ccncc2)[nH]n1)c1cccnc1. The van der Waals surface area contributed by atoms with Crippen LogP contribution in [0.4, 0.5) is 5.82 Å². The fourth-order valence-corrected chi connectivity index (χ4v) is 1.75. The summed E-state index contributed by atoms with van der Waals surface area (Å²) >= 11 is 0. The van der Waals surface area contributed by atoms with Gasteiger partial charge in [0.25, 0.3) is 5.91 Å². The molecule has 0 aliphatic rings. The molecule has 20 heavy (non-hydrogen) atoms. The second kappa shape index (κ2) is 5.31. The predicted octanol–water partition coefficient (Wildman–Crippen LogP) is 2.12. The third kappa shape index (κ3) is 2.54. The lowest BCUT2D eigenvalue weighted by atomic mass is 10.2. The molecule has 0 bridgehead atoms. The zero-order valence-electron chi connectivity index (χ0n) is 10.4. The van der Waals surface area contributed by atoms with Gasteiger partial charge >= 0.3 is 0 Å². The number of rotatable bonds is 3. The largest absolute Gasteiger partial charge is 0.305 e. The normalized spacial score (nSPS) is 10.2. The fourth-order valence-electron chi connectivity index (χ4n) is 1.75. The van der Waals surface area contributed by atoms with Gasteiger partial charge in [0, 0.05) is 36.4 Å². The Morgan fingerprint density at radius 3 is 2.70 bits per heavy atom. The van der Waals surface area contributed by atoms with E-state index in [9.17, 15) is 4.79 Å². The standard InChI is InChI=1S/C14H11N5O/c20-14(11-2-1-5-16-9-11)17-13-8-12(18-19-13)10-3-6-15-7-4-10/h1-9H,(H2,17,18,19,20). The highest BCUT2D eigenvalue weighted by Gasteiger charge is 2.09. The molecule has 6 heteroatoms. The Kier molecular flexibility index (Phi) is 3.20. The zero-order chi connectivity index (χ0) is 13.8. The topological polar surface area (TPSA) is 83.6 Å². The number of anilines is 1. The first-order valence-corrected chi connectivity index (χ1v) is 6.00. The summed E-state index contributed by atoms with van der Waals surface area (Å²) in [6.45, 7) is 0. The van der Waals surface area contributed by atoms with Crippen LogP contribution in [0, 0.1) is 0 Å². The molecule has 0 saturated heterocycles. The molecule has 0 atom stereocenters. The van der Waals surface area contributed by atoms with Crippen LogP contribution in [0.1, 0.15) is 10.4 Å². The number of aromatic amines is 1. The molecule has 2 N–H and O–H groups in total. The minimum absolute atomic E-state index is 0.245. The lowest BCUT2D eigenvalue weighted by Crippen LogP contribution is -2.12. The lowest BCUT2D eigenvalue weighted by Gasteiger charge is -2.00. The van der Waals surface area contributed by atoms with Gasteiger partial charge in [0.1, 0.15) is 0 Å². The van der Waals surface area contributed by atoms with Crippen molar-refractivity contribution in [2.24, 2.45) is 0 Å². The van der Waals surface area contributed by atoms with Crippen molar-refractivity contribution >= 4 is 11.7 Å². The molecular weight excluding hydrogens is 254 g/mol. The van der Waals surface area contributed by atoms with E-state index < -0.39 is 0 Å². The smallest absolute Gasteiger partial charge is 0.258 e. The highest BCUT2D eigenvalue weighted by atomic mass is 16.1. The maximum Gasteiger partial charge on any atom is 0.258 e. The number of pyridine rings is 2. The number of H-pyrrole nitrogens is 1. The van der Waals surface area contributed by atoms with Crippen LogP contribution in [0.2, 0.25) is 0 Å². The zero-order valence-corrected chi connectivity index (χ0v) is 10.4. The van der Waals surface area contributed by atoms with Crippen molar-refractivity contribution in [3.05, 3.63) is 60.7 Å². The summed E-state index contributed by atoms with van der Waals surface area (Å²) in [7, 11) is 0. The number of aromatic nitrogens is 4. The minimum atomic E-state index is -0.245. The molecule has 0 aliphatic carbocycles. The van der Waals surface area contributed by atoms with Crippen LogP contribution in [0.3, 0.4) is 0 Å². The summed E-state index contributed by atoms with van der Waals surface area (Å²) in [5.74, 6) is 0.219. The minimum Gasteiger partial charge on any atom is -0.305 e. The second-order valence-corrected chi connectivity index (χ2v) is 4.10. The Morgan fingerprint density at radius 2 is 1.95 bits per heavy atom. The van der Waals surface area contributed by atoms with E-state index in [1.807, 2.05) is 12.1 Å². The van der Waals surface area contributed by atoms with Gasteiger partial charge in [0.15, 0.2) is 5.82 Å². The van der Waals surface area contributed by atoms with E-state index in [-0.39, 0.29) is 5.91 Å². The van der Waals surface area contributed by atoms with Crippen molar-refractivity contribution in [3.63, 3.8) is 0 Å². The van der Waals surface area contributed by atoms with E-state index in [0.717, 1.165) is 11.3 Å². The van der Waals surface area contributed by atoms with Gasteiger partial charge in [0.05, 0.1) is 11.3 Å². The van der Waals surface area contributed by atoms with Crippen molar-refractivity contribution in [1.82, 2.24) is 20.2 Å². The Balaban J connectivity index is 1.77. The van der Waals surface area contributed by atoms with Crippen LogP contribution < -0.4 is 5.32 Å². The number of carbonyl (C=O) groups is 1. The summed E-state index contributed by atoms with van der Waals surface area (Å²) < 4.78 is 0. The van der Waals surface area contributed by atoms with Crippen LogP contribution in [0.25, 0.3) is 11.3 Å². The molecule has 0 radical (unpaired) electrons. The Morgan fingerprint density at radius 1 is 1.10 bits per heavy atom. The average Bonchev–Trinajstić information content (AvgIpc) is 2.97. The highest BCUT2D eigenvalue weighted by molar-refractivity contribution is 6.03. The summed E-state index contributed by atoms with van der Waals surface area (Å²) in [5, 5.41) is 9.64. The molecule has 0 saturated carbocycles. The van der Waals surface area contributed by atoms with Gasteiger partial charge in [-0.05, 0) is 24.3 Å². The van der Waals surface area contributed by atoms with Crippen molar-refractivity contribution in [3.8, 4) is 11.3 Å². The maximum absolute atomic E-state index is 11.9. The predicted molar refractivity (Wildman–Crippen MR) is 74.0 cm³/mol. The molecule has 0 fully saturated rings. The third-order valence-electron chi connectivity index (χ3n) is 2.73. The number of hydrogen-bond acceptors (Lipinski definition) is 4. The molecule has 0 spiro atoms. The Hall–Kier alpha value is -3.02. The molecule has 3 rings (SSSR count). The molecule has 98 valence electrons. The molecule has 0 unspecified atom stereocenters.